The lowest BCUT2D eigenvalue weighted by Crippen LogP contribution is -2.31. The first-order valence-electron chi connectivity index (χ1n) is 8.71. The lowest BCUT2D eigenvalue weighted by Gasteiger charge is -2.25. The second kappa shape index (κ2) is 6.23. The van der Waals surface area contributed by atoms with E-state index in [1.807, 2.05) is 23.6 Å². The van der Waals surface area contributed by atoms with Crippen LogP contribution in [0.2, 0.25) is 0 Å². The van der Waals surface area contributed by atoms with Crippen molar-refractivity contribution < 1.29 is 0 Å². The Morgan fingerprint density at radius 3 is 2.92 bits per heavy atom. The number of H-pyrrole nitrogens is 1. The van der Waals surface area contributed by atoms with Crippen molar-refractivity contribution in [3.05, 3.63) is 81.2 Å². The molecule has 0 fully saturated rings. The molecule has 26 heavy (non-hydrogen) atoms. The van der Waals surface area contributed by atoms with Crippen molar-refractivity contribution in [2.24, 2.45) is 0 Å². The van der Waals surface area contributed by atoms with Crippen LogP contribution in [-0.2, 0) is 19.5 Å². The molecule has 0 radical (unpaired) electrons. The molecule has 130 valence electrons. The molecular formula is C20H18N4OS. The maximum Gasteiger partial charge on any atom is 0.276 e. The van der Waals surface area contributed by atoms with Crippen molar-refractivity contribution in [3.63, 3.8) is 0 Å². The fourth-order valence-electron chi connectivity index (χ4n) is 3.66. The lowest BCUT2D eigenvalue weighted by atomic mass is 10.1. The number of benzene rings is 1. The molecular weight excluding hydrogens is 344 g/mol. The Labute approximate surface area is 154 Å². The Hall–Kier alpha value is -2.70. The van der Waals surface area contributed by atoms with Gasteiger partial charge in [-0.1, -0.05) is 30.3 Å². The van der Waals surface area contributed by atoms with Crippen LogP contribution in [0.15, 0.2) is 58.8 Å². The zero-order valence-electron chi connectivity index (χ0n) is 14.2. The summed E-state index contributed by atoms with van der Waals surface area (Å²) in [6.45, 7) is 2.54. The predicted molar refractivity (Wildman–Crippen MR) is 104 cm³/mol. The topological polar surface area (TPSA) is 53.9 Å². The average molecular weight is 362 g/mol. The molecule has 1 N–H and O–H groups in total. The molecule has 0 spiro atoms. The highest BCUT2D eigenvalue weighted by molar-refractivity contribution is 7.17. The number of aromatic amines is 1. The number of hydrogen-bond acceptors (Lipinski definition) is 4. The van der Waals surface area contributed by atoms with Crippen LogP contribution in [0.1, 0.15) is 16.8 Å². The summed E-state index contributed by atoms with van der Waals surface area (Å²) in [5.74, 6) is 0.692. The normalized spacial score (nSPS) is 14.6. The van der Waals surface area contributed by atoms with E-state index in [4.69, 9.17) is 0 Å². The zero-order chi connectivity index (χ0) is 17.5. The highest BCUT2D eigenvalue weighted by Gasteiger charge is 2.24. The lowest BCUT2D eigenvalue weighted by molar-refractivity contribution is 0.242. The first-order chi connectivity index (χ1) is 12.8. The summed E-state index contributed by atoms with van der Waals surface area (Å²) in [6.07, 6.45) is 2.53. The van der Waals surface area contributed by atoms with Gasteiger partial charge in [0.2, 0.25) is 0 Å². The van der Waals surface area contributed by atoms with Gasteiger partial charge in [-0.05, 0) is 29.5 Å². The van der Waals surface area contributed by atoms with Crippen molar-refractivity contribution in [2.75, 3.05) is 6.54 Å². The summed E-state index contributed by atoms with van der Waals surface area (Å²) in [7, 11) is 0. The van der Waals surface area contributed by atoms with Crippen LogP contribution in [0, 0.1) is 0 Å². The summed E-state index contributed by atoms with van der Waals surface area (Å²) in [5.41, 5.74) is 3.22. The van der Waals surface area contributed by atoms with Crippen molar-refractivity contribution in [2.45, 2.75) is 19.5 Å². The average Bonchev–Trinajstić information content (AvgIpc) is 3.27. The predicted octanol–water partition coefficient (Wildman–Crippen LogP) is 3.33. The SMILES string of the molecule is O=c1c2c([nH]n1-c1nccc3sccc13)CN(Cc1ccccc1)CC2. The van der Waals surface area contributed by atoms with Gasteiger partial charge >= 0.3 is 0 Å². The molecule has 4 heterocycles. The van der Waals surface area contributed by atoms with E-state index in [9.17, 15) is 4.79 Å². The number of nitrogens with one attached hydrogen (secondary N) is 1. The third-order valence-electron chi connectivity index (χ3n) is 4.95. The molecule has 6 heteroatoms. The fraction of sp³-hybridized carbons (Fsp3) is 0.200. The number of rotatable bonds is 3. The number of fused-ring (bicyclic) bond motifs is 2. The van der Waals surface area contributed by atoms with Crippen LogP contribution in [-0.4, -0.2) is 26.2 Å². The Morgan fingerprint density at radius 1 is 1.15 bits per heavy atom. The summed E-state index contributed by atoms with van der Waals surface area (Å²) in [6, 6.07) is 14.5. The molecule has 0 saturated heterocycles. The van der Waals surface area contributed by atoms with Gasteiger partial charge in [-0.25, -0.2) is 9.67 Å². The van der Waals surface area contributed by atoms with E-state index in [1.54, 1.807) is 22.2 Å². The fourth-order valence-corrected chi connectivity index (χ4v) is 4.44. The van der Waals surface area contributed by atoms with Crippen LogP contribution in [0.4, 0.5) is 0 Å². The van der Waals surface area contributed by atoms with Crippen LogP contribution in [0.3, 0.4) is 0 Å². The highest BCUT2D eigenvalue weighted by Crippen LogP contribution is 2.25. The molecule has 4 aromatic rings. The molecule has 0 bridgehead atoms. The highest BCUT2D eigenvalue weighted by atomic mass is 32.1. The van der Waals surface area contributed by atoms with Crippen LogP contribution in [0.5, 0.6) is 0 Å². The van der Waals surface area contributed by atoms with Crippen LogP contribution < -0.4 is 5.56 Å². The van der Waals surface area contributed by atoms with E-state index in [2.05, 4.69) is 39.2 Å². The van der Waals surface area contributed by atoms with Crippen molar-refractivity contribution in [3.8, 4) is 5.82 Å². The van der Waals surface area contributed by atoms with E-state index in [0.29, 0.717) is 5.82 Å². The molecule has 5 rings (SSSR count). The molecule has 1 aliphatic rings. The van der Waals surface area contributed by atoms with Gasteiger partial charge in [-0.15, -0.1) is 11.3 Å². The van der Waals surface area contributed by atoms with Gasteiger partial charge in [0.1, 0.15) is 0 Å². The largest absolute Gasteiger partial charge is 0.293 e. The third kappa shape index (κ3) is 2.58. The van der Waals surface area contributed by atoms with E-state index in [1.165, 1.54) is 5.56 Å². The second-order valence-electron chi connectivity index (χ2n) is 6.62. The quantitative estimate of drug-likeness (QED) is 0.608. The minimum absolute atomic E-state index is 0.0329. The number of nitrogens with zero attached hydrogens (tertiary/aromatic N) is 3. The first kappa shape index (κ1) is 15.5. The molecule has 3 aromatic heterocycles. The molecule has 5 nitrogen and oxygen atoms in total. The smallest absolute Gasteiger partial charge is 0.276 e. The van der Waals surface area contributed by atoms with Gasteiger partial charge < -0.3 is 0 Å². The number of hydrogen-bond donors (Lipinski definition) is 1. The maximum atomic E-state index is 12.9. The number of aromatic nitrogens is 3. The second-order valence-corrected chi connectivity index (χ2v) is 7.57. The molecule has 0 aliphatic carbocycles. The van der Waals surface area contributed by atoms with E-state index >= 15 is 0 Å². The van der Waals surface area contributed by atoms with Crippen LogP contribution >= 0.6 is 11.3 Å². The summed E-state index contributed by atoms with van der Waals surface area (Å²) < 4.78 is 2.76. The Morgan fingerprint density at radius 2 is 2.04 bits per heavy atom. The molecule has 0 amide bonds. The third-order valence-corrected chi connectivity index (χ3v) is 5.83. The van der Waals surface area contributed by atoms with Crippen molar-refractivity contribution in [1.29, 1.82) is 0 Å². The molecule has 0 saturated carbocycles. The maximum absolute atomic E-state index is 12.9. The van der Waals surface area contributed by atoms with E-state index in [0.717, 1.165) is 47.4 Å². The van der Waals surface area contributed by atoms with Gasteiger partial charge in [-0.3, -0.25) is 14.8 Å². The Kier molecular flexibility index (Phi) is 3.72. The molecule has 0 atom stereocenters. The Balaban J connectivity index is 1.49. The van der Waals surface area contributed by atoms with Gasteiger partial charge in [0.05, 0.1) is 5.69 Å². The monoisotopic (exact) mass is 362 g/mol. The number of thiophene rings is 1. The van der Waals surface area contributed by atoms with Gasteiger partial charge in [-0.2, -0.15) is 0 Å². The summed E-state index contributed by atoms with van der Waals surface area (Å²) in [5, 5.41) is 6.37. The van der Waals surface area contributed by atoms with E-state index < -0.39 is 0 Å². The molecule has 0 unspecified atom stereocenters. The summed E-state index contributed by atoms with van der Waals surface area (Å²) >= 11 is 1.66. The van der Waals surface area contributed by atoms with Crippen molar-refractivity contribution >= 4 is 21.4 Å². The Bertz CT molecular complexity index is 1130. The van der Waals surface area contributed by atoms with Gasteiger partial charge in [0.15, 0.2) is 5.82 Å². The zero-order valence-corrected chi connectivity index (χ0v) is 15.0. The number of pyridine rings is 1. The van der Waals surface area contributed by atoms with E-state index in [-0.39, 0.29) is 5.56 Å². The minimum Gasteiger partial charge on any atom is -0.293 e. The van der Waals surface area contributed by atoms with Gasteiger partial charge in [0.25, 0.3) is 5.56 Å². The first-order valence-corrected chi connectivity index (χ1v) is 9.59. The van der Waals surface area contributed by atoms with Gasteiger partial charge in [0, 0.05) is 41.5 Å². The van der Waals surface area contributed by atoms with Crippen molar-refractivity contribution in [1.82, 2.24) is 19.7 Å². The minimum atomic E-state index is 0.0329. The van der Waals surface area contributed by atoms with Crippen LogP contribution in [0.25, 0.3) is 15.9 Å². The standard InChI is InChI=1S/C20H18N4OS/c25-20-15-7-10-23(12-14-4-2-1-3-5-14)13-17(15)22-24(20)19-16-8-11-26-18(16)6-9-21-19/h1-6,8-9,11,22H,7,10,12-13H2. The summed E-state index contributed by atoms with van der Waals surface area (Å²) in [4.78, 5) is 19.8. The molecule has 1 aliphatic heterocycles. The molecule has 1 aromatic carbocycles.